The van der Waals surface area contributed by atoms with Gasteiger partial charge in [-0.15, -0.1) is 11.8 Å². The maximum absolute atomic E-state index is 12.9. The van der Waals surface area contributed by atoms with Crippen molar-refractivity contribution in [1.29, 1.82) is 0 Å². The van der Waals surface area contributed by atoms with Crippen LogP contribution in [-0.2, 0) is 5.75 Å². The Labute approximate surface area is 142 Å². The van der Waals surface area contributed by atoms with Crippen LogP contribution in [0.15, 0.2) is 59.5 Å². The summed E-state index contributed by atoms with van der Waals surface area (Å²) in [5.41, 5.74) is 2.13. The highest BCUT2D eigenvalue weighted by Crippen LogP contribution is 2.28. The molecule has 0 spiro atoms. The minimum absolute atomic E-state index is 0.188. The molecule has 0 saturated carbocycles. The van der Waals surface area contributed by atoms with Crippen molar-refractivity contribution >= 4 is 17.7 Å². The van der Waals surface area contributed by atoms with E-state index >= 15 is 0 Å². The molecule has 0 bridgehead atoms. The highest BCUT2D eigenvalue weighted by Gasteiger charge is 2.23. The standard InChI is InChI=1S/C20H23NOS/c1-16-8-7-13-21(14-16)20(22)18-11-5-6-12-19(18)23-15-17-9-3-2-4-10-17/h2-6,9-12,16H,7-8,13-15H2,1H3/t16-/m1/s1. The van der Waals surface area contributed by atoms with Crippen LogP contribution in [0, 0.1) is 5.92 Å². The quantitative estimate of drug-likeness (QED) is 0.749. The molecule has 3 heteroatoms. The first-order valence-electron chi connectivity index (χ1n) is 8.29. The van der Waals surface area contributed by atoms with Gasteiger partial charge in [-0.25, -0.2) is 0 Å². The normalized spacial score (nSPS) is 18.0. The van der Waals surface area contributed by atoms with Crippen LogP contribution in [0.1, 0.15) is 35.7 Å². The molecule has 0 unspecified atom stereocenters. The lowest BCUT2D eigenvalue weighted by Gasteiger charge is -2.31. The SMILES string of the molecule is C[C@@H]1CCCN(C(=O)c2ccccc2SCc2ccccc2)C1. The molecule has 0 aliphatic carbocycles. The van der Waals surface area contributed by atoms with Gasteiger partial charge in [-0.3, -0.25) is 4.79 Å². The van der Waals surface area contributed by atoms with Crippen molar-refractivity contribution in [3.63, 3.8) is 0 Å². The van der Waals surface area contributed by atoms with E-state index in [2.05, 4.69) is 37.3 Å². The highest BCUT2D eigenvalue weighted by atomic mass is 32.2. The second-order valence-corrected chi connectivity index (χ2v) is 7.29. The Balaban J connectivity index is 1.73. The average molecular weight is 325 g/mol. The van der Waals surface area contributed by atoms with Crippen molar-refractivity contribution < 1.29 is 4.79 Å². The van der Waals surface area contributed by atoms with Crippen molar-refractivity contribution in [2.45, 2.75) is 30.4 Å². The summed E-state index contributed by atoms with van der Waals surface area (Å²) in [6.45, 7) is 4.01. The van der Waals surface area contributed by atoms with E-state index in [0.29, 0.717) is 5.92 Å². The molecule has 0 radical (unpaired) electrons. The molecule has 23 heavy (non-hydrogen) atoms. The van der Waals surface area contributed by atoms with Gasteiger partial charge in [0.1, 0.15) is 0 Å². The van der Waals surface area contributed by atoms with Crippen molar-refractivity contribution in [3.8, 4) is 0 Å². The molecule has 2 aromatic rings. The molecular formula is C20H23NOS. The number of piperidine rings is 1. The second-order valence-electron chi connectivity index (χ2n) is 6.27. The van der Waals surface area contributed by atoms with Crippen LogP contribution >= 0.6 is 11.8 Å². The topological polar surface area (TPSA) is 20.3 Å². The Morgan fingerprint density at radius 3 is 2.65 bits per heavy atom. The lowest BCUT2D eigenvalue weighted by atomic mass is 9.99. The molecule has 1 fully saturated rings. The lowest BCUT2D eigenvalue weighted by molar-refractivity contribution is 0.0679. The van der Waals surface area contributed by atoms with Gasteiger partial charge in [0.2, 0.25) is 0 Å². The number of amides is 1. The molecule has 1 aliphatic rings. The summed E-state index contributed by atoms with van der Waals surface area (Å²) in [7, 11) is 0. The molecule has 2 aromatic carbocycles. The van der Waals surface area contributed by atoms with E-state index in [0.717, 1.165) is 35.7 Å². The third-order valence-electron chi connectivity index (χ3n) is 4.30. The van der Waals surface area contributed by atoms with Crippen molar-refractivity contribution in [2.24, 2.45) is 5.92 Å². The number of hydrogen-bond acceptors (Lipinski definition) is 2. The number of likely N-dealkylation sites (tertiary alicyclic amines) is 1. The Kier molecular flexibility index (Phi) is 5.39. The summed E-state index contributed by atoms with van der Waals surface area (Å²) >= 11 is 1.75. The van der Waals surface area contributed by atoms with Crippen molar-refractivity contribution in [3.05, 3.63) is 65.7 Å². The van der Waals surface area contributed by atoms with Crippen molar-refractivity contribution in [1.82, 2.24) is 4.90 Å². The second kappa shape index (κ2) is 7.69. The van der Waals surface area contributed by atoms with Gasteiger partial charge in [0.05, 0.1) is 5.56 Å². The van der Waals surface area contributed by atoms with Gasteiger partial charge < -0.3 is 4.90 Å². The van der Waals surface area contributed by atoms with E-state index in [1.54, 1.807) is 11.8 Å². The summed E-state index contributed by atoms with van der Waals surface area (Å²) in [4.78, 5) is 16.0. The number of rotatable bonds is 4. The fourth-order valence-corrected chi connectivity index (χ4v) is 4.05. The summed E-state index contributed by atoms with van der Waals surface area (Å²) in [6.07, 6.45) is 2.35. The number of hydrogen-bond donors (Lipinski definition) is 0. The zero-order valence-electron chi connectivity index (χ0n) is 13.6. The fraction of sp³-hybridized carbons (Fsp3) is 0.350. The predicted molar refractivity (Wildman–Crippen MR) is 96.7 cm³/mol. The van der Waals surface area contributed by atoms with Crippen LogP contribution in [0.2, 0.25) is 0 Å². The van der Waals surface area contributed by atoms with Gasteiger partial charge in [0.25, 0.3) is 5.91 Å². The van der Waals surface area contributed by atoms with Crippen LogP contribution in [-0.4, -0.2) is 23.9 Å². The van der Waals surface area contributed by atoms with Crippen LogP contribution in [0.3, 0.4) is 0 Å². The number of carbonyl (C=O) groups excluding carboxylic acids is 1. The third-order valence-corrected chi connectivity index (χ3v) is 5.44. The maximum atomic E-state index is 12.9. The van der Waals surface area contributed by atoms with Crippen LogP contribution < -0.4 is 0 Å². The van der Waals surface area contributed by atoms with Crippen LogP contribution in [0.25, 0.3) is 0 Å². The zero-order valence-corrected chi connectivity index (χ0v) is 14.4. The van der Waals surface area contributed by atoms with Crippen LogP contribution in [0.4, 0.5) is 0 Å². The first-order chi connectivity index (χ1) is 11.2. The molecule has 2 nitrogen and oxygen atoms in total. The molecular weight excluding hydrogens is 302 g/mol. The molecule has 1 aliphatic heterocycles. The molecule has 0 aromatic heterocycles. The van der Waals surface area contributed by atoms with Crippen molar-refractivity contribution in [2.75, 3.05) is 13.1 Å². The molecule has 1 heterocycles. The predicted octanol–water partition coefficient (Wildman–Crippen LogP) is 4.85. The Morgan fingerprint density at radius 2 is 1.87 bits per heavy atom. The number of benzene rings is 2. The van der Waals surface area contributed by atoms with Gasteiger partial charge in [-0.2, -0.15) is 0 Å². The molecule has 120 valence electrons. The Bertz CT molecular complexity index is 656. The smallest absolute Gasteiger partial charge is 0.254 e. The van der Waals surface area contributed by atoms with Gasteiger partial charge in [-0.1, -0.05) is 49.4 Å². The van der Waals surface area contributed by atoms with Gasteiger partial charge >= 0.3 is 0 Å². The third kappa shape index (κ3) is 4.17. The van der Waals surface area contributed by atoms with E-state index in [1.165, 1.54) is 12.0 Å². The summed E-state index contributed by atoms with van der Waals surface area (Å²) in [5.74, 6) is 1.69. The van der Waals surface area contributed by atoms with E-state index in [1.807, 2.05) is 29.2 Å². The summed E-state index contributed by atoms with van der Waals surface area (Å²) in [5, 5.41) is 0. The zero-order chi connectivity index (χ0) is 16.1. The highest BCUT2D eigenvalue weighted by molar-refractivity contribution is 7.98. The van der Waals surface area contributed by atoms with Crippen LogP contribution in [0.5, 0.6) is 0 Å². The number of nitrogens with zero attached hydrogens (tertiary/aromatic N) is 1. The first kappa shape index (κ1) is 16.1. The van der Waals surface area contributed by atoms with Gasteiger partial charge in [0.15, 0.2) is 0 Å². The molecule has 1 amide bonds. The van der Waals surface area contributed by atoms with E-state index in [9.17, 15) is 4.79 Å². The number of carbonyl (C=O) groups is 1. The lowest BCUT2D eigenvalue weighted by Crippen LogP contribution is -2.39. The fourth-order valence-electron chi connectivity index (χ4n) is 3.05. The van der Waals surface area contributed by atoms with E-state index in [4.69, 9.17) is 0 Å². The monoisotopic (exact) mass is 325 g/mol. The van der Waals surface area contributed by atoms with E-state index in [-0.39, 0.29) is 5.91 Å². The Morgan fingerprint density at radius 1 is 1.13 bits per heavy atom. The first-order valence-corrected chi connectivity index (χ1v) is 9.27. The summed E-state index contributed by atoms with van der Waals surface area (Å²) < 4.78 is 0. The Hall–Kier alpha value is -1.74. The molecule has 1 atom stereocenters. The van der Waals surface area contributed by atoms with E-state index < -0.39 is 0 Å². The van der Waals surface area contributed by atoms with Gasteiger partial charge in [-0.05, 0) is 36.5 Å². The average Bonchev–Trinajstić information content (AvgIpc) is 2.60. The maximum Gasteiger partial charge on any atom is 0.254 e. The summed E-state index contributed by atoms with van der Waals surface area (Å²) in [6, 6.07) is 18.4. The molecule has 1 saturated heterocycles. The largest absolute Gasteiger partial charge is 0.338 e. The molecule has 3 rings (SSSR count). The minimum atomic E-state index is 0.188. The van der Waals surface area contributed by atoms with Gasteiger partial charge in [0, 0.05) is 23.7 Å². The minimum Gasteiger partial charge on any atom is -0.338 e. The molecule has 0 N–H and O–H groups in total. The number of thioether (sulfide) groups is 1.